The summed E-state index contributed by atoms with van der Waals surface area (Å²) >= 11 is 0. The van der Waals surface area contributed by atoms with Gasteiger partial charge in [-0.05, 0) is 24.5 Å². The van der Waals surface area contributed by atoms with Gasteiger partial charge in [0.25, 0.3) is 0 Å². The minimum atomic E-state index is -0.0488. The summed E-state index contributed by atoms with van der Waals surface area (Å²) in [5, 5.41) is 4.44. The Morgan fingerprint density at radius 3 is 2.56 bits per heavy atom. The highest BCUT2D eigenvalue weighted by molar-refractivity contribution is 6.09. The van der Waals surface area contributed by atoms with Crippen molar-refractivity contribution in [3.8, 4) is 11.1 Å². The first-order valence-corrected chi connectivity index (χ1v) is 8.08. The summed E-state index contributed by atoms with van der Waals surface area (Å²) < 4.78 is 1.78. The smallest absolute Gasteiger partial charge is 0.219 e. The highest BCUT2D eigenvalue weighted by Crippen LogP contribution is 2.25. The molecule has 2 N–H and O–H groups in total. The molecule has 4 rings (SSSR count). The first-order chi connectivity index (χ1) is 12.1. The Balaban J connectivity index is 1.65. The van der Waals surface area contributed by atoms with E-state index >= 15 is 0 Å². The van der Waals surface area contributed by atoms with Gasteiger partial charge < -0.3 is 5.73 Å². The third-order valence-electron chi connectivity index (χ3n) is 4.40. The van der Waals surface area contributed by atoms with Crippen LogP contribution in [0.1, 0.15) is 33.7 Å². The molecule has 3 aromatic rings. The largest absolute Gasteiger partial charge is 0.368 e. The van der Waals surface area contributed by atoms with Crippen LogP contribution in [0.5, 0.6) is 0 Å². The molecule has 25 heavy (non-hydrogen) atoms. The fraction of sp³-hybridized carbons (Fsp3) is 0.158. The van der Waals surface area contributed by atoms with Crippen LogP contribution >= 0.6 is 0 Å². The van der Waals surface area contributed by atoms with Gasteiger partial charge in [-0.1, -0.05) is 30.3 Å². The van der Waals surface area contributed by atoms with Gasteiger partial charge in [-0.3, -0.25) is 9.48 Å². The van der Waals surface area contributed by atoms with Crippen molar-refractivity contribution in [3.63, 3.8) is 0 Å². The molecule has 0 atom stereocenters. The molecule has 1 aromatic carbocycles. The Hall–Kier alpha value is -3.28. The van der Waals surface area contributed by atoms with E-state index in [1.165, 1.54) is 0 Å². The van der Waals surface area contributed by atoms with Crippen molar-refractivity contribution in [3.05, 3.63) is 65.2 Å². The lowest BCUT2D eigenvalue weighted by molar-refractivity contribution is 0.103. The van der Waals surface area contributed by atoms with E-state index in [9.17, 15) is 4.79 Å². The predicted octanol–water partition coefficient (Wildman–Crippen LogP) is 2.65. The number of carbonyl (C=O) groups is 1. The Kier molecular flexibility index (Phi) is 3.65. The van der Waals surface area contributed by atoms with Gasteiger partial charge in [0, 0.05) is 36.1 Å². The monoisotopic (exact) mass is 331 g/mol. The van der Waals surface area contributed by atoms with Crippen LogP contribution in [-0.4, -0.2) is 25.5 Å². The molecule has 6 nitrogen and oxygen atoms in total. The second-order valence-corrected chi connectivity index (χ2v) is 6.01. The van der Waals surface area contributed by atoms with Crippen molar-refractivity contribution in [1.82, 2.24) is 19.7 Å². The Morgan fingerprint density at radius 2 is 1.84 bits per heavy atom. The van der Waals surface area contributed by atoms with Crippen LogP contribution in [0, 0.1) is 0 Å². The van der Waals surface area contributed by atoms with Gasteiger partial charge in [0.1, 0.15) is 5.69 Å². The summed E-state index contributed by atoms with van der Waals surface area (Å²) in [6.07, 6.45) is 9.27. The van der Waals surface area contributed by atoms with Crippen molar-refractivity contribution in [2.45, 2.75) is 12.8 Å². The van der Waals surface area contributed by atoms with Crippen molar-refractivity contribution in [2.24, 2.45) is 7.05 Å². The van der Waals surface area contributed by atoms with E-state index in [0.29, 0.717) is 11.3 Å². The number of benzene rings is 1. The first-order valence-electron chi connectivity index (χ1n) is 8.08. The van der Waals surface area contributed by atoms with Gasteiger partial charge in [-0.15, -0.1) is 0 Å². The maximum absolute atomic E-state index is 12.9. The summed E-state index contributed by atoms with van der Waals surface area (Å²) in [6.45, 7) is 0. The molecule has 124 valence electrons. The number of rotatable bonds is 3. The second-order valence-electron chi connectivity index (χ2n) is 6.01. The molecule has 0 bridgehead atoms. The maximum atomic E-state index is 12.9. The molecule has 0 spiro atoms. The Labute approximate surface area is 145 Å². The number of nitrogen functional groups attached to an aromatic ring is 1. The van der Waals surface area contributed by atoms with Crippen LogP contribution in [-0.2, 0) is 13.5 Å². The molecular weight excluding hydrogens is 314 g/mol. The van der Waals surface area contributed by atoms with Gasteiger partial charge in [0.15, 0.2) is 0 Å². The number of hydrogen-bond donors (Lipinski definition) is 1. The SMILES string of the molecule is Cn1nc(C(=O)c2ccc(-c3cnc(N)nc3)cc2)c2c1C=CCC2. The summed E-state index contributed by atoms with van der Waals surface area (Å²) in [7, 11) is 1.87. The number of ketones is 1. The van der Waals surface area contributed by atoms with E-state index in [2.05, 4.69) is 21.1 Å². The number of nitrogens with two attached hydrogens (primary N) is 1. The van der Waals surface area contributed by atoms with Crippen molar-refractivity contribution >= 4 is 17.8 Å². The second kappa shape index (κ2) is 5.98. The number of nitrogens with zero attached hydrogens (tertiary/aromatic N) is 4. The van der Waals surface area contributed by atoms with Gasteiger partial charge in [-0.2, -0.15) is 5.10 Å². The lowest BCUT2D eigenvalue weighted by Gasteiger charge is -2.07. The fourth-order valence-electron chi connectivity index (χ4n) is 3.08. The molecule has 0 unspecified atom stereocenters. The molecule has 1 aliphatic carbocycles. The Bertz CT molecular complexity index is 968. The molecule has 1 aliphatic rings. The van der Waals surface area contributed by atoms with Crippen LogP contribution in [0.2, 0.25) is 0 Å². The minimum Gasteiger partial charge on any atom is -0.368 e. The number of allylic oxidation sites excluding steroid dienone is 1. The molecule has 0 amide bonds. The Morgan fingerprint density at radius 1 is 1.12 bits per heavy atom. The standard InChI is InChI=1S/C19H17N5O/c1-24-16-5-3-2-4-15(16)17(23-24)18(25)13-8-6-12(7-9-13)14-10-21-19(20)22-11-14/h3,5-11H,2,4H2,1H3,(H2,20,21,22). The van der Waals surface area contributed by atoms with Crippen LogP contribution in [0.4, 0.5) is 5.95 Å². The molecule has 2 heterocycles. The van der Waals surface area contributed by atoms with E-state index in [1.54, 1.807) is 17.1 Å². The van der Waals surface area contributed by atoms with Crippen LogP contribution < -0.4 is 5.73 Å². The zero-order valence-electron chi connectivity index (χ0n) is 13.8. The third-order valence-corrected chi connectivity index (χ3v) is 4.40. The van der Waals surface area contributed by atoms with E-state index in [1.807, 2.05) is 37.4 Å². The number of carbonyl (C=O) groups excluding carboxylic acids is 1. The molecule has 0 radical (unpaired) electrons. The fourth-order valence-corrected chi connectivity index (χ4v) is 3.08. The van der Waals surface area contributed by atoms with Crippen LogP contribution in [0.25, 0.3) is 17.2 Å². The third kappa shape index (κ3) is 2.71. The number of hydrogen-bond acceptors (Lipinski definition) is 5. The predicted molar refractivity (Wildman–Crippen MR) is 95.9 cm³/mol. The average molecular weight is 331 g/mol. The molecule has 6 heteroatoms. The van der Waals surface area contributed by atoms with Crippen molar-refractivity contribution in [1.29, 1.82) is 0 Å². The molecule has 0 fully saturated rings. The number of anilines is 1. The van der Waals surface area contributed by atoms with E-state index < -0.39 is 0 Å². The summed E-state index contributed by atoms with van der Waals surface area (Å²) in [4.78, 5) is 20.9. The van der Waals surface area contributed by atoms with E-state index in [4.69, 9.17) is 5.73 Å². The van der Waals surface area contributed by atoms with E-state index in [0.717, 1.165) is 35.2 Å². The van der Waals surface area contributed by atoms with Gasteiger partial charge >= 0.3 is 0 Å². The lowest BCUT2D eigenvalue weighted by Crippen LogP contribution is -2.06. The highest BCUT2D eigenvalue weighted by atomic mass is 16.1. The zero-order valence-corrected chi connectivity index (χ0v) is 13.8. The quantitative estimate of drug-likeness (QED) is 0.746. The van der Waals surface area contributed by atoms with Crippen LogP contribution in [0.3, 0.4) is 0 Å². The van der Waals surface area contributed by atoms with Crippen LogP contribution in [0.15, 0.2) is 42.7 Å². The maximum Gasteiger partial charge on any atom is 0.219 e. The molecule has 0 saturated carbocycles. The van der Waals surface area contributed by atoms with E-state index in [-0.39, 0.29) is 11.7 Å². The topological polar surface area (TPSA) is 86.7 Å². The van der Waals surface area contributed by atoms with Crippen molar-refractivity contribution < 1.29 is 4.79 Å². The van der Waals surface area contributed by atoms with Gasteiger partial charge in [-0.25, -0.2) is 9.97 Å². The minimum absolute atomic E-state index is 0.0488. The van der Waals surface area contributed by atoms with Gasteiger partial charge in [0.2, 0.25) is 11.7 Å². The lowest BCUT2D eigenvalue weighted by atomic mass is 9.96. The summed E-state index contributed by atoms with van der Waals surface area (Å²) in [5.41, 5.74) is 10.5. The number of aromatic nitrogens is 4. The number of aryl methyl sites for hydroxylation is 1. The normalized spacial score (nSPS) is 12.8. The molecule has 0 aliphatic heterocycles. The van der Waals surface area contributed by atoms with Crippen molar-refractivity contribution in [2.75, 3.05) is 5.73 Å². The molecule has 0 saturated heterocycles. The van der Waals surface area contributed by atoms with Gasteiger partial charge in [0.05, 0.1) is 5.69 Å². The molecular formula is C19H17N5O. The summed E-state index contributed by atoms with van der Waals surface area (Å²) in [5.74, 6) is 0.191. The number of fused-ring (bicyclic) bond motifs is 1. The first kappa shape index (κ1) is 15.3. The molecule has 2 aromatic heterocycles. The zero-order chi connectivity index (χ0) is 17.4. The highest BCUT2D eigenvalue weighted by Gasteiger charge is 2.22. The summed E-state index contributed by atoms with van der Waals surface area (Å²) in [6, 6.07) is 7.40. The average Bonchev–Trinajstić information content (AvgIpc) is 2.99.